The van der Waals surface area contributed by atoms with E-state index >= 15 is 0 Å². The van der Waals surface area contributed by atoms with E-state index in [1.807, 2.05) is 6.92 Å². The van der Waals surface area contributed by atoms with Crippen LogP contribution in [0.2, 0.25) is 0 Å². The van der Waals surface area contributed by atoms with Gasteiger partial charge >= 0.3 is 5.97 Å². The summed E-state index contributed by atoms with van der Waals surface area (Å²) < 4.78 is 4.84. The molecule has 0 aliphatic rings. The molecule has 1 aromatic carbocycles. The molecule has 0 atom stereocenters. The van der Waals surface area contributed by atoms with E-state index in [1.54, 1.807) is 0 Å². The molecule has 0 unspecified atom stereocenters. The maximum absolute atomic E-state index is 11.2. The SMILES string of the molecule is CCCCC(=O)Oc1c(O)cccc1O. The average Bonchev–Trinajstić information content (AvgIpc) is 2.21. The van der Waals surface area contributed by atoms with Crippen molar-refractivity contribution in [1.82, 2.24) is 0 Å². The van der Waals surface area contributed by atoms with Gasteiger partial charge in [0.15, 0.2) is 11.5 Å². The van der Waals surface area contributed by atoms with Gasteiger partial charge in [-0.15, -0.1) is 0 Å². The molecule has 4 heteroatoms. The molecular formula is C11H14O4. The molecule has 0 amide bonds. The van der Waals surface area contributed by atoms with E-state index in [0.29, 0.717) is 0 Å². The Morgan fingerprint density at radius 1 is 1.33 bits per heavy atom. The predicted octanol–water partition coefficient (Wildman–Crippen LogP) is 2.19. The Hall–Kier alpha value is -1.71. The largest absolute Gasteiger partial charge is 0.504 e. The van der Waals surface area contributed by atoms with Gasteiger partial charge in [-0.2, -0.15) is 0 Å². The summed E-state index contributed by atoms with van der Waals surface area (Å²) in [6.07, 6.45) is 1.90. The zero-order valence-electron chi connectivity index (χ0n) is 8.56. The fourth-order valence-corrected chi connectivity index (χ4v) is 1.10. The van der Waals surface area contributed by atoms with E-state index in [0.717, 1.165) is 12.8 Å². The summed E-state index contributed by atoms with van der Waals surface area (Å²) in [5, 5.41) is 18.7. The van der Waals surface area contributed by atoms with Crippen LogP contribution in [0.25, 0.3) is 0 Å². The van der Waals surface area contributed by atoms with E-state index in [9.17, 15) is 15.0 Å². The summed E-state index contributed by atoms with van der Waals surface area (Å²) >= 11 is 0. The van der Waals surface area contributed by atoms with E-state index in [1.165, 1.54) is 18.2 Å². The van der Waals surface area contributed by atoms with Gasteiger partial charge in [-0.3, -0.25) is 4.79 Å². The average molecular weight is 210 g/mol. The number of phenolic OH excluding ortho intramolecular Hbond substituents is 2. The number of unbranched alkanes of at least 4 members (excludes halogenated alkanes) is 1. The molecule has 0 aliphatic carbocycles. The first-order valence-corrected chi connectivity index (χ1v) is 4.86. The molecule has 0 spiro atoms. The third-order valence-corrected chi connectivity index (χ3v) is 1.92. The van der Waals surface area contributed by atoms with Crippen LogP contribution in [0, 0.1) is 0 Å². The van der Waals surface area contributed by atoms with Crippen LogP contribution in [0.1, 0.15) is 26.2 Å². The number of benzene rings is 1. The van der Waals surface area contributed by atoms with E-state index in [2.05, 4.69) is 0 Å². The zero-order valence-corrected chi connectivity index (χ0v) is 8.56. The highest BCUT2D eigenvalue weighted by Crippen LogP contribution is 2.35. The van der Waals surface area contributed by atoms with Crippen molar-refractivity contribution in [3.8, 4) is 17.2 Å². The van der Waals surface area contributed by atoms with Crippen molar-refractivity contribution >= 4 is 5.97 Å². The second-order valence-corrected chi connectivity index (χ2v) is 3.20. The fourth-order valence-electron chi connectivity index (χ4n) is 1.10. The molecule has 2 N–H and O–H groups in total. The van der Waals surface area contributed by atoms with Gasteiger partial charge in [0.2, 0.25) is 5.75 Å². The van der Waals surface area contributed by atoms with Crippen molar-refractivity contribution in [2.75, 3.05) is 0 Å². The monoisotopic (exact) mass is 210 g/mol. The first kappa shape index (κ1) is 11.4. The van der Waals surface area contributed by atoms with Gasteiger partial charge in [-0.25, -0.2) is 0 Å². The molecule has 0 radical (unpaired) electrons. The summed E-state index contributed by atoms with van der Waals surface area (Å²) in [5.41, 5.74) is 0. The molecular weight excluding hydrogens is 196 g/mol. The molecule has 0 saturated carbocycles. The van der Waals surface area contributed by atoms with Crippen LogP contribution in [-0.2, 0) is 4.79 Å². The lowest BCUT2D eigenvalue weighted by molar-refractivity contribution is -0.134. The number of hydrogen-bond acceptors (Lipinski definition) is 4. The van der Waals surface area contributed by atoms with E-state index in [4.69, 9.17) is 4.74 Å². The minimum atomic E-state index is -0.450. The molecule has 0 aromatic heterocycles. The van der Waals surface area contributed by atoms with Gasteiger partial charge in [0.25, 0.3) is 0 Å². The zero-order chi connectivity index (χ0) is 11.3. The quantitative estimate of drug-likeness (QED) is 0.590. The van der Waals surface area contributed by atoms with Crippen LogP contribution in [0.3, 0.4) is 0 Å². The number of aromatic hydroxyl groups is 2. The lowest BCUT2D eigenvalue weighted by Gasteiger charge is -2.07. The Kier molecular flexibility index (Phi) is 3.97. The van der Waals surface area contributed by atoms with Crippen molar-refractivity contribution in [1.29, 1.82) is 0 Å². The summed E-state index contributed by atoms with van der Waals surface area (Å²) in [7, 11) is 0. The highest BCUT2D eigenvalue weighted by atomic mass is 16.5. The molecule has 0 fully saturated rings. The van der Waals surface area contributed by atoms with Crippen LogP contribution in [-0.4, -0.2) is 16.2 Å². The topological polar surface area (TPSA) is 66.8 Å². The molecule has 0 heterocycles. The summed E-state index contributed by atoms with van der Waals surface area (Å²) in [4.78, 5) is 11.2. The third kappa shape index (κ3) is 3.16. The Labute approximate surface area is 88.1 Å². The number of para-hydroxylation sites is 1. The number of esters is 1. The Morgan fingerprint density at radius 2 is 1.93 bits per heavy atom. The van der Waals surface area contributed by atoms with E-state index in [-0.39, 0.29) is 23.7 Å². The Balaban J connectivity index is 2.68. The van der Waals surface area contributed by atoms with E-state index < -0.39 is 5.97 Å². The normalized spacial score (nSPS) is 9.93. The lowest BCUT2D eigenvalue weighted by atomic mass is 10.2. The molecule has 82 valence electrons. The minimum absolute atomic E-state index is 0.168. The third-order valence-electron chi connectivity index (χ3n) is 1.92. The first-order chi connectivity index (χ1) is 7.15. The predicted molar refractivity (Wildman–Crippen MR) is 54.9 cm³/mol. The van der Waals surface area contributed by atoms with Crippen LogP contribution >= 0.6 is 0 Å². The van der Waals surface area contributed by atoms with Crippen molar-refractivity contribution in [2.45, 2.75) is 26.2 Å². The minimum Gasteiger partial charge on any atom is -0.504 e. The van der Waals surface area contributed by atoms with Gasteiger partial charge in [-0.1, -0.05) is 19.4 Å². The molecule has 0 bridgehead atoms. The number of hydrogen-bond donors (Lipinski definition) is 2. The molecule has 0 saturated heterocycles. The first-order valence-electron chi connectivity index (χ1n) is 4.86. The number of rotatable bonds is 4. The second-order valence-electron chi connectivity index (χ2n) is 3.20. The molecule has 4 nitrogen and oxygen atoms in total. The number of ether oxygens (including phenoxy) is 1. The highest BCUT2D eigenvalue weighted by molar-refractivity contribution is 5.74. The van der Waals surface area contributed by atoms with Crippen LogP contribution in [0.4, 0.5) is 0 Å². The Bertz CT molecular complexity index is 326. The van der Waals surface area contributed by atoms with Gasteiger partial charge in [0.05, 0.1) is 0 Å². The van der Waals surface area contributed by atoms with Crippen molar-refractivity contribution in [3.05, 3.63) is 18.2 Å². The number of carbonyl (C=O) groups is 1. The van der Waals surface area contributed by atoms with Crippen LogP contribution in [0.15, 0.2) is 18.2 Å². The number of phenols is 2. The molecule has 1 rings (SSSR count). The maximum atomic E-state index is 11.2. The fraction of sp³-hybridized carbons (Fsp3) is 0.364. The summed E-state index contributed by atoms with van der Waals surface area (Å²) in [5.74, 6) is -1.09. The van der Waals surface area contributed by atoms with Crippen LogP contribution < -0.4 is 4.74 Å². The van der Waals surface area contributed by atoms with Gasteiger partial charge in [0.1, 0.15) is 0 Å². The van der Waals surface area contributed by atoms with Crippen LogP contribution in [0.5, 0.6) is 17.2 Å². The number of carbonyl (C=O) groups excluding carboxylic acids is 1. The van der Waals surface area contributed by atoms with Crippen molar-refractivity contribution in [3.63, 3.8) is 0 Å². The second kappa shape index (κ2) is 5.24. The molecule has 1 aromatic rings. The summed E-state index contributed by atoms with van der Waals surface area (Å²) in [6, 6.07) is 4.17. The molecule has 0 aliphatic heterocycles. The van der Waals surface area contributed by atoms with Gasteiger partial charge in [-0.05, 0) is 18.6 Å². The maximum Gasteiger partial charge on any atom is 0.311 e. The lowest BCUT2D eigenvalue weighted by Crippen LogP contribution is -2.07. The van der Waals surface area contributed by atoms with Gasteiger partial charge in [0, 0.05) is 6.42 Å². The standard InChI is InChI=1S/C11H14O4/c1-2-3-7-10(14)15-11-8(12)5-4-6-9(11)13/h4-6,12-13H,2-3,7H2,1H3. The van der Waals surface area contributed by atoms with Gasteiger partial charge < -0.3 is 14.9 Å². The Morgan fingerprint density at radius 3 is 2.47 bits per heavy atom. The van der Waals surface area contributed by atoms with Crippen molar-refractivity contribution in [2.24, 2.45) is 0 Å². The van der Waals surface area contributed by atoms with Crippen molar-refractivity contribution < 1.29 is 19.7 Å². The molecule has 15 heavy (non-hydrogen) atoms. The smallest absolute Gasteiger partial charge is 0.311 e. The highest BCUT2D eigenvalue weighted by Gasteiger charge is 2.12. The summed E-state index contributed by atoms with van der Waals surface area (Å²) in [6.45, 7) is 1.96.